The second-order valence-electron chi connectivity index (χ2n) is 4.52. The number of nitrogens with zero attached hydrogens (tertiary/aromatic N) is 4. The van der Waals surface area contributed by atoms with Gasteiger partial charge in [-0.2, -0.15) is 5.10 Å². The molecule has 0 aliphatic rings. The lowest BCUT2D eigenvalue weighted by molar-refractivity contribution is 0.666. The SMILES string of the molecule is CCCNCCc1cn(Cc2ccn(C)n2)cn1. The van der Waals surface area contributed by atoms with Crippen molar-refractivity contribution in [3.63, 3.8) is 0 Å². The van der Waals surface area contributed by atoms with E-state index in [0.717, 1.165) is 37.4 Å². The summed E-state index contributed by atoms with van der Waals surface area (Å²) in [5.74, 6) is 0. The van der Waals surface area contributed by atoms with Gasteiger partial charge in [0.05, 0.1) is 24.3 Å². The van der Waals surface area contributed by atoms with Crippen molar-refractivity contribution in [2.75, 3.05) is 13.1 Å². The summed E-state index contributed by atoms with van der Waals surface area (Å²) >= 11 is 0. The normalized spacial score (nSPS) is 11.0. The molecule has 98 valence electrons. The van der Waals surface area contributed by atoms with Crippen molar-refractivity contribution in [3.8, 4) is 0 Å². The van der Waals surface area contributed by atoms with E-state index >= 15 is 0 Å². The van der Waals surface area contributed by atoms with Crippen LogP contribution in [0.3, 0.4) is 0 Å². The number of aromatic nitrogens is 4. The lowest BCUT2D eigenvalue weighted by Crippen LogP contribution is -2.17. The summed E-state index contributed by atoms with van der Waals surface area (Å²) in [5.41, 5.74) is 2.19. The first-order chi connectivity index (χ1) is 8.78. The van der Waals surface area contributed by atoms with Crippen molar-refractivity contribution >= 4 is 0 Å². The van der Waals surface area contributed by atoms with E-state index in [-0.39, 0.29) is 0 Å². The highest BCUT2D eigenvalue weighted by atomic mass is 15.3. The van der Waals surface area contributed by atoms with Gasteiger partial charge in [-0.15, -0.1) is 0 Å². The maximum absolute atomic E-state index is 4.41. The van der Waals surface area contributed by atoms with Crippen LogP contribution in [0.2, 0.25) is 0 Å². The number of imidazole rings is 1. The van der Waals surface area contributed by atoms with Crippen LogP contribution in [0.4, 0.5) is 0 Å². The quantitative estimate of drug-likeness (QED) is 0.748. The molecule has 0 unspecified atom stereocenters. The van der Waals surface area contributed by atoms with Crippen LogP contribution in [0.5, 0.6) is 0 Å². The monoisotopic (exact) mass is 247 g/mol. The Labute approximate surface area is 108 Å². The fraction of sp³-hybridized carbons (Fsp3) is 0.538. The average molecular weight is 247 g/mol. The van der Waals surface area contributed by atoms with Gasteiger partial charge >= 0.3 is 0 Å². The molecule has 2 aromatic heterocycles. The highest BCUT2D eigenvalue weighted by Gasteiger charge is 2.01. The summed E-state index contributed by atoms with van der Waals surface area (Å²) in [6, 6.07) is 2.03. The van der Waals surface area contributed by atoms with Gasteiger partial charge in [-0.05, 0) is 19.0 Å². The average Bonchev–Trinajstić information content (AvgIpc) is 2.95. The van der Waals surface area contributed by atoms with E-state index in [1.165, 1.54) is 6.42 Å². The number of hydrogen-bond acceptors (Lipinski definition) is 3. The van der Waals surface area contributed by atoms with Gasteiger partial charge in [0.25, 0.3) is 0 Å². The molecule has 5 heteroatoms. The second kappa shape index (κ2) is 6.35. The van der Waals surface area contributed by atoms with Gasteiger partial charge in [-0.25, -0.2) is 4.98 Å². The van der Waals surface area contributed by atoms with Crippen molar-refractivity contribution < 1.29 is 0 Å². The lowest BCUT2D eigenvalue weighted by Gasteiger charge is -2.00. The van der Waals surface area contributed by atoms with Crippen molar-refractivity contribution in [3.05, 3.63) is 36.2 Å². The van der Waals surface area contributed by atoms with E-state index in [1.54, 1.807) is 0 Å². The van der Waals surface area contributed by atoms with Crippen LogP contribution >= 0.6 is 0 Å². The smallest absolute Gasteiger partial charge is 0.0953 e. The fourth-order valence-electron chi connectivity index (χ4n) is 1.87. The third-order valence-corrected chi connectivity index (χ3v) is 2.78. The molecule has 18 heavy (non-hydrogen) atoms. The lowest BCUT2D eigenvalue weighted by atomic mass is 10.3. The largest absolute Gasteiger partial charge is 0.331 e. The summed E-state index contributed by atoms with van der Waals surface area (Å²) < 4.78 is 3.90. The van der Waals surface area contributed by atoms with Gasteiger partial charge in [-0.3, -0.25) is 4.68 Å². The molecule has 0 radical (unpaired) electrons. The molecule has 2 aromatic rings. The molecule has 0 saturated heterocycles. The summed E-state index contributed by atoms with van der Waals surface area (Å²) in [6.45, 7) is 5.04. The molecule has 0 atom stereocenters. The Hall–Kier alpha value is -1.62. The predicted molar refractivity (Wildman–Crippen MR) is 71.4 cm³/mol. The van der Waals surface area contributed by atoms with Crippen LogP contribution in [-0.4, -0.2) is 32.4 Å². The minimum Gasteiger partial charge on any atom is -0.331 e. The number of aryl methyl sites for hydroxylation is 1. The molecule has 0 spiro atoms. The van der Waals surface area contributed by atoms with E-state index in [2.05, 4.69) is 33.1 Å². The third-order valence-electron chi connectivity index (χ3n) is 2.78. The van der Waals surface area contributed by atoms with E-state index in [0.29, 0.717) is 0 Å². The Morgan fingerprint density at radius 3 is 2.89 bits per heavy atom. The second-order valence-corrected chi connectivity index (χ2v) is 4.52. The molecule has 2 heterocycles. The molecular formula is C13H21N5. The molecule has 0 saturated carbocycles. The van der Waals surface area contributed by atoms with Crippen molar-refractivity contribution in [1.29, 1.82) is 0 Å². The predicted octanol–water partition coefficient (Wildman–Crippen LogP) is 1.21. The van der Waals surface area contributed by atoms with Crippen LogP contribution in [0.15, 0.2) is 24.8 Å². The zero-order valence-corrected chi connectivity index (χ0v) is 11.1. The van der Waals surface area contributed by atoms with Gasteiger partial charge in [-0.1, -0.05) is 6.92 Å². The molecule has 0 aliphatic carbocycles. The molecule has 0 fully saturated rings. The van der Waals surface area contributed by atoms with Crippen LogP contribution in [0, 0.1) is 0 Å². The minimum atomic E-state index is 0.788. The van der Waals surface area contributed by atoms with Crippen LogP contribution < -0.4 is 5.32 Å². The first-order valence-corrected chi connectivity index (χ1v) is 6.48. The molecule has 2 rings (SSSR count). The molecule has 0 bridgehead atoms. The Morgan fingerprint density at radius 2 is 2.17 bits per heavy atom. The van der Waals surface area contributed by atoms with Gasteiger partial charge in [0.2, 0.25) is 0 Å². The maximum Gasteiger partial charge on any atom is 0.0953 e. The first-order valence-electron chi connectivity index (χ1n) is 6.48. The van der Waals surface area contributed by atoms with Crippen LogP contribution in [0.25, 0.3) is 0 Å². The molecule has 1 N–H and O–H groups in total. The van der Waals surface area contributed by atoms with Gasteiger partial charge < -0.3 is 9.88 Å². The number of rotatable bonds is 7. The minimum absolute atomic E-state index is 0.788. The van der Waals surface area contributed by atoms with Crippen molar-refractivity contribution in [2.24, 2.45) is 7.05 Å². The number of nitrogens with one attached hydrogen (secondary N) is 1. The summed E-state index contributed by atoms with van der Waals surface area (Å²) in [5, 5.41) is 7.74. The van der Waals surface area contributed by atoms with E-state index in [9.17, 15) is 0 Å². The first kappa shape index (κ1) is 12.8. The van der Waals surface area contributed by atoms with Crippen LogP contribution in [0.1, 0.15) is 24.7 Å². The van der Waals surface area contributed by atoms with E-state index in [4.69, 9.17) is 0 Å². The summed E-state index contributed by atoms with van der Waals surface area (Å²) in [7, 11) is 1.93. The molecule has 0 aliphatic heterocycles. The van der Waals surface area contributed by atoms with E-state index in [1.807, 2.05) is 30.3 Å². The molecule has 0 amide bonds. The molecule has 5 nitrogen and oxygen atoms in total. The van der Waals surface area contributed by atoms with Crippen molar-refractivity contribution in [1.82, 2.24) is 24.6 Å². The topological polar surface area (TPSA) is 47.7 Å². The number of hydrogen-bond donors (Lipinski definition) is 1. The van der Waals surface area contributed by atoms with Gasteiger partial charge in [0, 0.05) is 32.4 Å². The molecular weight excluding hydrogens is 226 g/mol. The Balaban J connectivity index is 1.82. The Morgan fingerprint density at radius 1 is 1.28 bits per heavy atom. The zero-order valence-electron chi connectivity index (χ0n) is 11.1. The maximum atomic E-state index is 4.41. The van der Waals surface area contributed by atoms with Crippen molar-refractivity contribution in [2.45, 2.75) is 26.3 Å². The highest BCUT2D eigenvalue weighted by Crippen LogP contribution is 2.02. The standard InChI is InChI=1S/C13H21N5/c1-3-6-14-7-4-12-9-18(11-15-12)10-13-5-8-17(2)16-13/h5,8-9,11,14H,3-4,6-7,10H2,1-2H3. The fourth-order valence-corrected chi connectivity index (χ4v) is 1.87. The Kier molecular flexibility index (Phi) is 4.52. The van der Waals surface area contributed by atoms with E-state index < -0.39 is 0 Å². The molecule has 0 aromatic carbocycles. The van der Waals surface area contributed by atoms with Crippen LogP contribution in [-0.2, 0) is 20.0 Å². The third kappa shape index (κ3) is 3.70. The summed E-state index contributed by atoms with van der Waals surface area (Å²) in [4.78, 5) is 4.41. The summed E-state index contributed by atoms with van der Waals surface area (Å²) in [6.07, 6.45) is 8.09. The highest BCUT2D eigenvalue weighted by molar-refractivity contribution is 5.03. The zero-order chi connectivity index (χ0) is 12.8. The van der Waals surface area contributed by atoms with Gasteiger partial charge in [0.15, 0.2) is 0 Å². The van der Waals surface area contributed by atoms with Gasteiger partial charge in [0.1, 0.15) is 0 Å². The Bertz CT molecular complexity index is 471.